The third kappa shape index (κ3) is 9.94. The fourth-order valence-corrected chi connectivity index (χ4v) is 25.5. The third-order valence-electron chi connectivity index (χ3n) is 27.5. The Morgan fingerprint density at radius 3 is 1.51 bits per heavy atom. The highest BCUT2D eigenvalue weighted by atomic mass is 32.1. The van der Waals surface area contributed by atoms with Crippen molar-refractivity contribution in [3.8, 4) is 100 Å². The van der Waals surface area contributed by atoms with Crippen LogP contribution in [0.1, 0.15) is 25.0 Å². The van der Waals surface area contributed by atoms with Crippen LogP contribution in [0.15, 0.2) is 385 Å². The van der Waals surface area contributed by atoms with Gasteiger partial charge in [-0.3, -0.25) is 0 Å². The molecule has 26 aromatic rings. The number of pyridine rings is 1. The van der Waals surface area contributed by atoms with E-state index >= 15 is 0 Å². The van der Waals surface area contributed by atoms with Crippen LogP contribution >= 0.6 is 34.0 Å². The summed E-state index contributed by atoms with van der Waals surface area (Å²) in [5.41, 5.74) is 32.3. The first-order valence-electron chi connectivity index (χ1n) is 42.9. The van der Waals surface area contributed by atoms with E-state index in [1.807, 2.05) is 40.1 Å². The number of anilines is 3. The lowest BCUT2D eigenvalue weighted by Gasteiger charge is -2.26. The molecular weight excluding hydrogens is 1570 g/mol. The van der Waals surface area contributed by atoms with Crippen LogP contribution in [0, 0.1) is 0 Å². The van der Waals surface area contributed by atoms with Gasteiger partial charge in [0.2, 0.25) is 0 Å². The predicted octanol–water partition coefficient (Wildman–Crippen LogP) is 35.2. The van der Waals surface area contributed by atoms with Gasteiger partial charge in [-0.15, -0.1) is 34.0 Å². The summed E-state index contributed by atoms with van der Waals surface area (Å²) < 4.78 is 20.9. The van der Waals surface area contributed by atoms with Gasteiger partial charge in [-0.2, -0.15) is 0 Å². The molecule has 30 rings (SSSR count). The van der Waals surface area contributed by atoms with Gasteiger partial charge in [0, 0.05) is 137 Å². The summed E-state index contributed by atoms with van der Waals surface area (Å²) in [6.45, 7) is 4.77. The molecule has 6 heterocycles. The van der Waals surface area contributed by atoms with Gasteiger partial charge in [-0.05, 0) is 249 Å². The molecule has 4 aliphatic carbocycles. The Kier molecular flexibility index (Phi) is 14.5. The highest BCUT2D eigenvalue weighted by Crippen LogP contribution is 2.62. The van der Waals surface area contributed by atoms with Crippen molar-refractivity contribution >= 4 is 209 Å². The Balaban J connectivity index is 0.0000000975. The molecule has 0 N–H and O–H groups in total. The van der Waals surface area contributed by atoms with Crippen LogP contribution in [0.3, 0.4) is 0 Å². The van der Waals surface area contributed by atoms with Gasteiger partial charge in [-0.25, -0.2) is 4.98 Å². The average Bonchev–Trinajstić information content (AvgIpc) is 1.49. The first-order chi connectivity index (χ1) is 61.7. The first-order valence-corrected chi connectivity index (χ1v) is 45.4. The number of para-hydroxylation sites is 1. The quantitative estimate of drug-likeness (QED) is 0.142. The van der Waals surface area contributed by atoms with E-state index in [-0.39, 0.29) is 5.41 Å². The van der Waals surface area contributed by atoms with E-state index in [0.717, 1.165) is 61.9 Å². The summed E-state index contributed by atoms with van der Waals surface area (Å²) in [5.74, 6) is 0. The average molecular weight is 1640 g/mol. The summed E-state index contributed by atoms with van der Waals surface area (Å²) in [5, 5.41) is 26.2. The number of rotatable bonds is 8. The van der Waals surface area contributed by atoms with Gasteiger partial charge in [0.1, 0.15) is 22.3 Å². The van der Waals surface area contributed by atoms with E-state index in [4.69, 9.17) is 13.8 Å². The Hall–Kier alpha value is -15.1. The molecule has 0 bridgehead atoms. The van der Waals surface area contributed by atoms with E-state index in [1.165, 1.54) is 225 Å². The van der Waals surface area contributed by atoms with Crippen LogP contribution in [0.4, 0.5) is 17.1 Å². The fourth-order valence-electron chi connectivity index (χ4n) is 22.1. The maximum atomic E-state index is 6.43. The minimum atomic E-state index is -0.0992. The van der Waals surface area contributed by atoms with Crippen LogP contribution in [0.25, 0.3) is 259 Å². The van der Waals surface area contributed by atoms with Crippen LogP contribution < -0.4 is 4.90 Å². The van der Waals surface area contributed by atoms with Crippen molar-refractivity contribution in [3.05, 3.63) is 387 Å². The highest BCUT2D eigenvalue weighted by Gasteiger charge is 2.41. The van der Waals surface area contributed by atoms with Gasteiger partial charge < -0.3 is 13.7 Å². The van der Waals surface area contributed by atoms with E-state index in [2.05, 4.69) is 389 Å². The zero-order valence-corrected chi connectivity index (χ0v) is 70.2. The highest BCUT2D eigenvalue weighted by molar-refractivity contribution is 7.27. The van der Waals surface area contributed by atoms with Crippen LogP contribution in [0.2, 0.25) is 0 Å². The smallest absolute Gasteiger partial charge is 0.136 e. The number of thiophene rings is 3. The van der Waals surface area contributed by atoms with Gasteiger partial charge >= 0.3 is 0 Å². The van der Waals surface area contributed by atoms with Crippen LogP contribution in [-0.2, 0) is 5.41 Å². The Morgan fingerprint density at radius 2 is 0.736 bits per heavy atom. The maximum Gasteiger partial charge on any atom is 0.136 e. The number of nitrogens with zero attached hydrogens (tertiary/aromatic N) is 2. The molecule has 0 spiro atoms. The maximum absolute atomic E-state index is 6.43. The van der Waals surface area contributed by atoms with Gasteiger partial charge in [0.25, 0.3) is 0 Å². The number of fused-ring (bicyclic) bond motifs is 6. The van der Waals surface area contributed by atoms with E-state index < -0.39 is 0 Å². The van der Waals surface area contributed by atoms with Crippen molar-refractivity contribution in [1.82, 2.24) is 4.98 Å². The Labute approximate surface area is 729 Å². The molecule has 4 nitrogen and oxygen atoms in total. The minimum absolute atomic E-state index is 0.0992. The predicted molar refractivity (Wildman–Crippen MR) is 534 cm³/mol. The molecule has 7 heteroatoms. The minimum Gasteiger partial charge on any atom is -0.456 e. The molecule has 0 amide bonds. The molecule has 125 heavy (non-hydrogen) atoms. The molecule has 0 atom stereocenters. The number of furan rings is 2. The Morgan fingerprint density at radius 1 is 0.224 bits per heavy atom. The zero-order chi connectivity index (χ0) is 81.8. The van der Waals surface area contributed by atoms with E-state index in [0.29, 0.717) is 0 Å². The number of aromatic nitrogens is 1. The summed E-state index contributed by atoms with van der Waals surface area (Å²) >= 11 is 5.72. The second-order valence-electron chi connectivity index (χ2n) is 34.5. The molecule has 580 valence electrons. The number of benzene rings is 20. The van der Waals surface area contributed by atoms with Crippen molar-refractivity contribution < 1.29 is 8.83 Å². The van der Waals surface area contributed by atoms with Crippen LogP contribution in [-0.4, -0.2) is 4.98 Å². The second kappa shape index (κ2) is 26.0. The lowest BCUT2D eigenvalue weighted by atomic mass is 9.79. The second-order valence-corrected chi connectivity index (χ2v) is 37.7. The molecule has 4 aliphatic rings. The summed E-state index contributed by atoms with van der Waals surface area (Å²) in [7, 11) is 0. The third-order valence-corrected chi connectivity index (χ3v) is 30.9. The van der Waals surface area contributed by atoms with Crippen molar-refractivity contribution in [2.75, 3.05) is 4.90 Å². The van der Waals surface area contributed by atoms with Crippen molar-refractivity contribution in [2.24, 2.45) is 0 Å². The topological polar surface area (TPSA) is 42.4 Å². The van der Waals surface area contributed by atoms with Crippen LogP contribution in [0.5, 0.6) is 0 Å². The van der Waals surface area contributed by atoms with Crippen molar-refractivity contribution in [3.63, 3.8) is 0 Å². The SMILES string of the molecule is CC1(C)c2cc(-c3cccc(-c4ccccc4)c3)cc3c2-c2c1ccc1ccc4oc5cccc-3c5c4c21.c1ccc(-c2cccc(-c3ccc4sc5ccc6ccc7oc8cccc9c8c7c6c5c4c3-9)n2)cc1.c1ccc(N(c2cccc(-c3cc4sc5cccc6c5c4c4c3ccc3sc5cccc-6c5c34)c2)c2ccc3c(ccc4ccccc43)c2)cc1. The number of hydrogen-bond donors (Lipinski definition) is 0. The number of hydrogen-bond acceptors (Lipinski definition) is 7. The monoisotopic (exact) mass is 1640 g/mol. The Bertz CT molecular complexity index is 9250. The van der Waals surface area contributed by atoms with Gasteiger partial charge in [0.15, 0.2) is 0 Å². The summed E-state index contributed by atoms with van der Waals surface area (Å²) in [4.78, 5) is 7.57. The molecule has 0 fully saturated rings. The normalized spacial score (nSPS) is 12.9. The summed E-state index contributed by atoms with van der Waals surface area (Å²) in [6.07, 6.45) is 0. The lowest BCUT2D eigenvalue weighted by Crippen LogP contribution is -2.15. The molecular formula is C118H68N2O2S3. The molecule has 6 aromatic heterocycles. The molecule has 0 radical (unpaired) electrons. The van der Waals surface area contributed by atoms with Crippen molar-refractivity contribution in [2.45, 2.75) is 19.3 Å². The van der Waals surface area contributed by atoms with Gasteiger partial charge in [-0.1, -0.05) is 263 Å². The first kappa shape index (κ1) is 69.6. The van der Waals surface area contributed by atoms with Crippen molar-refractivity contribution in [1.29, 1.82) is 0 Å². The zero-order valence-electron chi connectivity index (χ0n) is 67.7. The fraction of sp³-hybridized carbons (Fsp3) is 0.0254. The lowest BCUT2D eigenvalue weighted by molar-refractivity contribution is 0.661. The molecule has 20 aromatic carbocycles. The molecule has 0 saturated carbocycles. The van der Waals surface area contributed by atoms with E-state index in [1.54, 1.807) is 0 Å². The van der Waals surface area contributed by atoms with E-state index in [9.17, 15) is 0 Å². The standard InChI is InChI=1S/C48H27NS2.C37H24O.C33H17NOS/c1-2-11-31(12-3-1)49(33-21-22-35-30(26-33)20-19-28-9-4-5-14-34(28)35)32-13-6-10-29(25-32)39-27-43-48-45-37(16-8-18-41(45)51-43)36-15-7-17-40-44(36)47-42(50-40)24-23-38(39)46(47)48;1-37(2)28-16-14-22-15-17-31-36-32(22)35(28)33-27(26-12-7-13-30(38-31)34(26)36)19-25(20-29(33)37)24-11-6-10-23(18-24)21-8-4-3-5-9-21;1-2-6-18(7-3-1)22-9-5-10-23(34-22)20-14-17-27-33-29(20)21-8-4-11-24-30(21)31-25(35-24)15-12-19-13-16-26(36-27)32(33)28(19)31/h1-27H;3-20H,1-2H3;1-17H. The summed E-state index contributed by atoms with van der Waals surface area (Å²) in [6, 6.07) is 138. The largest absolute Gasteiger partial charge is 0.456 e. The molecule has 0 saturated heterocycles. The molecule has 0 aliphatic heterocycles. The van der Waals surface area contributed by atoms with Gasteiger partial charge in [0.05, 0.1) is 11.4 Å². The molecule has 0 unspecified atom stereocenters.